The van der Waals surface area contributed by atoms with Crippen LogP contribution in [-0.4, -0.2) is 13.2 Å². The number of hydrogen-bond acceptors (Lipinski definition) is 2. The fourth-order valence-electron chi connectivity index (χ4n) is 3.02. The molecule has 2 rings (SSSR count). The topological polar surface area (TPSA) is 21.3 Å². The Morgan fingerprint density at radius 3 is 2.63 bits per heavy atom. The van der Waals surface area contributed by atoms with Crippen LogP contribution in [0, 0.1) is 5.92 Å². The van der Waals surface area contributed by atoms with E-state index < -0.39 is 0 Å². The first kappa shape index (κ1) is 14.5. The van der Waals surface area contributed by atoms with E-state index in [4.69, 9.17) is 16.3 Å². The normalized spacial score (nSPS) is 23.1. The average molecular weight is 282 g/mol. The van der Waals surface area contributed by atoms with Gasteiger partial charge in [0, 0.05) is 11.1 Å². The van der Waals surface area contributed by atoms with Gasteiger partial charge in [-0.05, 0) is 49.8 Å². The molecule has 0 spiro atoms. The second kappa shape index (κ2) is 7.04. The molecule has 1 aromatic carbocycles. The second-order valence-corrected chi connectivity index (χ2v) is 5.93. The molecule has 1 aromatic rings. The number of benzene rings is 1. The third-order valence-electron chi connectivity index (χ3n) is 4.06. The number of hydrogen-bond donors (Lipinski definition) is 1. The van der Waals surface area contributed by atoms with E-state index in [0.717, 1.165) is 22.4 Å². The molecule has 0 bridgehead atoms. The average Bonchev–Trinajstić information content (AvgIpc) is 2.42. The van der Waals surface area contributed by atoms with Crippen molar-refractivity contribution in [2.24, 2.45) is 5.92 Å². The number of nitrogens with one attached hydrogen (secondary N) is 1. The summed E-state index contributed by atoms with van der Waals surface area (Å²) in [5, 5.41) is 4.35. The van der Waals surface area contributed by atoms with Crippen molar-refractivity contribution in [3.63, 3.8) is 0 Å². The van der Waals surface area contributed by atoms with Crippen LogP contribution in [0.2, 0.25) is 5.02 Å². The largest absolute Gasteiger partial charge is 0.495 e. The highest BCUT2D eigenvalue weighted by atomic mass is 35.5. The lowest BCUT2D eigenvalue weighted by Crippen LogP contribution is -2.26. The smallest absolute Gasteiger partial charge is 0.142 e. The molecule has 0 radical (unpaired) electrons. The minimum Gasteiger partial charge on any atom is -0.495 e. The van der Waals surface area contributed by atoms with Gasteiger partial charge in [0.1, 0.15) is 5.75 Å². The van der Waals surface area contributed by atoms with E-state index in [1.165, 1.54) is 38.5 Å². The summed E-state index contributed by atoms with van der Waals surface area (Å²) in [7, 11) is 1.70. The second-order valence-electron chi connectivity index (χ2n) is 5.50. The van der Waals surface area contributed by atoms with Crippen molar-refractivity contribution in [1.82, 2.24) is 0 Å². The van der Waals surface area contributed by atoms with E-state index in [9.17, 15) is 0 Å². The third kappa shape index (κ3) is 4.04. The monoisotopic (exact) mass is 281 g/mol. The van der Waals surface area contributed by atoms with Gasteiger partial charge in [0.25, 0.3) is 0 Å². The lowest BCUT2D eigenvalue weighted by molar-refractivity contribution is 0.318. The first-order chi connectivity index (χ1) is 9.22. The van der Waals surface area contributed by atoms with Crippen LogP contribution in [-0.2, 0) is 0 Å². The number of methoxy groups -OCH3 is 1. The Kier molecular flexibility index (Phi) is 5.38. The van der Waals surface area contributed by atoms with Gasteiger partial charge in [0.05, 0.1) is 12.8 Å². The molecule has 1 saturated carbocycles. The summed E-state index contributed by atoms with van der Waals surface area (Å²) < 4.78 is 5.38. The molecular formula is C16H24ClNO. The molecule has 0 saturated heterocycles. The van der Waals surface area contributed by atoms with Gasteiger partial charge in [-0.25, -0.2) is 0 Å². The maximum absolute atomic E-state index is 6.06. The van der Waals surface area contributed by atoms with Crippen molar-refractivity contribution in [3.8, 4) is 5.75 Å². The lowest BCUT2D eigenvalue weighted by Gasteiger charge is -2.30. The quantitative estimate of drug-likeness (QED) is 0.809. The van der Waals surface area contributed by atoms with E-state index in [1.54, 1.807) is 7.11 Å². The van der Waals surface area contributed by atoms with Crippen LogP contribution in [0.4, 0.5) is 5.69 Å². The highest BCUT2D eigenvalue weighted by Gasteiger charge is 2.21. The summed E-state index contributed by atoms with van der Waals surface area (Å²) in [5.74, 6) is 1.81. The Bertz CT molecular complexity index is 400. The number of rotatable bonds is 5. The molecule has 1 N–H and O–H groups in total. The van der Waals surface area contributed by atoms with Crippen molar-refractivity contribution in [1.29, 1.82) is 0 Å². The predicted octanol–water partition coefficient (Wildman–Crippen LogP) is 5.12. The van der Waals surface area contributed by atoms with Crippen LogP contribution in [0.25, 0.3) is 0 Å². The van der Waals surface area contributed by atoms with Gasteiger partial charge in [0.2, 0.25) is 0 Å². The molecule has 0 atom stereocenters. The lowest BCUT2D eigenvalue weighted by atomic mass is 9.83. The van der Waals surface area contributed by atoms with E-state index in [1.807, 2.05) is 18.2 Å². The molecule has 1 aliphatic carbocycles. The number of anilines is 1. The van der Waals surface area contributed by atoms with Gasteiger partial charge in [0.15, 0.2) is 0 Å². The van der Waals surface area contributed by atoms with Gasteiger partial charge >= 0.3 is 0 Å². The zero-order valence-corrected chi connectivity index (χ0v) is 12.7. The Hall–Kier alpha value is -0.890. The molecule has 0 aliphatic heterocycles. The standard InChI is InChI=1S/C16H24ClNO/c1-3-4-12-5-8-14(9-6-12)18-15-11-13(17)7-10-16(15)19-2/h7,10-12,14,18H,3-6,8-9H2,1-2H3. The van der Waals surface area contributed by atoms with Crippen molar-refractivity contribution in [3.05, 3.63) is 23.2 Å². The van der Waals surface area contributed by atoms with Crippen molar-refractivity contribution in [2.75, 3.05) is 12.4 Å². The Labute approximate surface area is 121 Å². The van der Waals surface area contributed by atoms with Crippen LogP contribution in [0.15, 0.2) is 18.2 Å². The van der Waals surface area contributed by atoms with Gasteiger partial charge in [-0.2, -0.15) is 0 Å². The summed E-state index contributed by atoms with van der Waals surface area (Å²) in [6.07, 6.45) is 7.88. The molecule has 0 aromatic heterocycles. The van der Waals surface area contributed by atoms with Gasteiger partial charge in [-0.3, -0.25) is 0 Å². The SMILES string of the molecule is CCCC1CCC(Nc2cc(Cl)ccc2OC)CC1. The Balaban J connectivity index is 1.93. The molecule has 1 fully saturated rings. The van der Waals surface area contributed by atoms with Crippen LogP contribution < -0.4 is 10.1 Å². The molecule has 106 valence electrons. The highest BCUT2D eigenvalue weighted by molar-refractivity contribution is 6.30. The maximum atomic E-state index is 6.06. The van der Waals surface area contributed by atoms with Crippen molar-refractivity contribution >= 4 is 17.3 Å². The van der Waals surface area contributed by atoms with E-state index in [2.05, 4.69) is 12.2 Å². The van der Waals surface area contributed by atoms with Gasteiger partial charge in [-0.15, -0.1) is 0 Å². The summed E-state index contributed by atoms with van der Waals surface area (Å²) in [5.41, 5.74) is 1.02. The zero-order chi connectivity index (χ0) is 13.7. The summed E-state index contributed by atoms with van der Waals surface area (Å²) in [4.78, 5) is 0. The van der Waals surface area contributed by atoms with Crippen molar-refractivity contribution < 1.29 is 4.74 Å². The summed E-state index contributed by atoms with van der Waals surface area (Å²) >= 11 is 6.06. The molecule has 0 heterocycles. The summed E-state index contributed by atoms with van der Waals surface area (Å²) in [6.45, 7) is 2.28. The number of ether oxygens (including phenoxy) is 1. The maximum Gasteiger partial charge on any atom is 0.142 e. The molecule has 2 nitrogen and oxygen atoms in total. The molecular weight excluding hydrogens is 258 g/mol. The highest BCUT2D eigenvalue weighted by Crippen LogP contribution is 2.33. The van der Waals surface area contributed by atoms with Crippen molar-refractivity contribution in [2.45, 2.75) is 51.5 Å². The third-order valence-corrected chi connectivity index (χ3v) is 4.30. The molecule has 3 heteroatoms. The van der Waals surface area contributed by atoms with Crippen LogP contribution >= 0.6 is 11.6 Å². The molecule has 1 aliphatic rings. The molecule has 19 heavy (non-hydrogen) atoms. The van der Waals surface area contributed by atoms with Gasteiger partial charge in [-0.1, -0.05) is 31.4 Å². The Morgan fingerprint density at radius 2 is 2.00 bits per heavy atom. The van der Waals surface area contributed by atoms with Crippen LogP contribution in [0.3, 0.4) is 0 Å². The number of halogens is 1. The predicted molar refractivity (Wildman–Crippen MR) is 82.3 cm³/mol. The minimum atomic E-state index is 0.556. The zero-order valence-electron chi connectivity index (χ0n) is 11.9. The van der Waals surface area contributed by atoms with E-state index >= 15 is 0 Å². The molecule has 0 amide bonds. The van der Waals surface area contributed by atoms with E-state index in [0.29, 0.717) is 6.04 Å². The Morgan fingerprint density at radius 1 is 1.26 bits per heavy atom. The fraction of sp³-hybridized carbons (Fsp3) is 0.625. The molecule has 0 unspecified atom stereocenters. The summed E-state index contributed by atoms with van der Waals surface area (Å²) in [6, 6.07) is 6.30. The minimum absolute atomic E-state index is 0.556. The first-order valence-electron chi connectivity index (χ1n) is 7.33. The van der Waals surface area contributed by atoms with E-state index in [-0.39, 0.29) is 0 Å². The van der Waals surface area contributed by atoms with Crippen LogP contribution in [0.5, 0.6) is 5.75 Å². The van der Waals surface area contributed by atoms with Crippen LogP contribution in [0.1, 0.15) is 45.4 Å². The fourth-order valence-corrected chi connectivity index (χ4v) is 3.19. The van der Waals surface area contributed by atoms with Gasteiger partial charge < -0.3 is 10.1 Å². The first-order valence-corrected chi connectivity index (χ1v) is 7.70.